The number of hydrogen-bond acceptors (Lipinski definition) is 7. The summed E-state index contributed by atoms with van der Waals surface area (Å²) in [4.78, 5) is 25.4. The molecule has 1 atom stereocenters. The van der Waals surface area contributed by atoms with Crippen LogP contribution in [0.4, 0.5) is 4.79 Å². The molecule has 0 bridgehead atoms. The monoisotopic (exact) mass is 340 g/mol. The van der Waals surface area contributed by atoms with E-state index in [1.807, 2.05) is 20.8 Å². The van der Waals surface area contributed by atoms with Gasteiger partial charge in [0, 0.05) is 6.54 Å². The Labute approximate surface area is 141 Å². The number of ether oxygens (including phenoxy) is 3. The van der Waals surface area contributed by atoms with E-state index >= 15 is 0 Å². The molecule has 8 nitrogen and oxygen atoms in total. The van der Waals surface area contributed by atoms with Gasteiger partial charge in [0.2, 0.25) is 0 Å². The SMILES string of the molecule is COC(=O)c1onc(OCC2CCCN2C(=O)OC(C)(C)C)c1C. The predicted molar refractivity (Wildman–Crippen MR) is 84.0 cm³/mol. The summed E-state index contributed by atoms with van der Waals surface area (Å²) in [5.41, 5.74) is -0.0629. The summed E-state index contributed by atoms with van der Waals surface area (Å²) in [5, 5.41) is 3.74. The van der Waals surface area contributed by atoms with Crippen molar-refractivity contribution in [3.63, 3.8) is 0 Å². The molecule has 1 aromatic rings. The van der Waals surface area contributed by atoms with Crippen LogP contribution in [-0.2, 0) is 9.47 Å². The molecule has 1 unspecified atom stereocenters. The lowest BCUT2D eigenvalue weighted by molar-refractivity contribution is 0.0184. The highest BCUT2D eigenvalue weighted by atomic mass is 16.6. The van der Waals surface area contributed by atoms with Crippen molar-refractivity contribution in [2.45, 2.75) is 52.2 Å². The molecule has 1 aromatic heterocycles. The van der Waals surface area contributed by atoms with E-state index in [2.05, 4.69) is 9.89 Å². The third kappa shape index (κ3) is 4.18. The molecule has 2 rings (SSSR count). The number of aromatic nitrogens is 1. The molecule has 0 spiro atoms. The second-order valence-electron chi connectivity index (χ2n) is 6.71. The van der Waals surface area contributed by atoms with E-state index in [9.17, 15) is 9.59 Å². The van der Waals surface area contributed by atoms with Crippen LogP contribution in [0.3, 0.4) is 0 Å². The van der Waals surface area contributed by atoms with Gasteiger partial charge in [-0.1, -0.05) is 0 Å². The molecular formula is C16H24N2O6. The molecule has 8 heteroatoms. The zero-order valence-corrected chi connectivity index (χ0v) is 14.7. The van der Waals surface area contributed by atoms with Gasteiger partial charge in [0.25, 0.3) is 11.6 Å². The van der Waals surface area contributed by atoms with Crippen molar-refractivity contribution in [2.24, 2.45) is 0 Å². The zero-order valence-electron chi connectivity index (χ0n) is 14.7. The molecular weight excluding hydrogens is 316 g/mol. The maximum atomic E-state index is 12.2. The van der Waals surface area contributed by atoms with Crippen molar-refractivity contribution in [1.29, 1.82) is 0 Å². The van der Waals surface area contributed by atoms with Crippen LogP contribution < -0.4 is 4.74 Å². The van der Waals surface area contributed by atoms with Gasteiger partial charge in [-0.3, -0.25) is 0 Å². The highest BCUT2D eigenvalue weighted by Crippen LogP contribution is 2.24. The molecule has 1 fully saturated rings. The van der Waals surface area contributed by atoms with E-state index in [0.717, 1.165) is 12.8 Å². The van der Waals surface area contributed by atoms with E-state index in [1.165, 1.54) is 7.11 Å². The minimum atomic E-state index is -0.605. The molecule has 134 valence electrons. The van der Waals surface area contributed by atoms with Crippen LogP contribution in [0.2, 0.25) is 0 Å². The third-order valence-corrected chi connectivity index (χ3v) is 3.67. The lowest BCUT2D eigenvalue weighted by Gasteiger charge is -2.28. The molecule has 1 aliphatic heterocycles. The Morgan fingerprint density at radius 1 is 1.38 bits per heavy atom. The maximum absolute atomic E-state index is 12.2. The van der Waals surface area contributed by atoms with E-state index in [0.29, 0.717) is 12.1 Å². The van der Waals surface area contributed by atoms with E-state index < -0.39 is 11.6 Å². The van der Waals surface area contributed by atoms with Crippen molar-refractivity contribution in [3.05, 3.63) is 11.3 Å². The third-order valence-electron chi connectivity index (χ3n) is 3.67. The fraction of sp³-hybridized carbons (Fsp3) is 0.688. The van der Waals surface area contributed by atoms with Crippen LogP contribution >= 0.6 is 0 Å². The van der Waals surface area contributed by atoms with Crippen LogP contribution in [0.25, 0.3) is 0 Å². The first kappa shape index (κ1) is 18.1. The van der Waals surface area contributed by atoms with Gasteiger partial charge in [-0.25, -0.2) is 9.59 Å². The fourth-order valence-corrected chi connectivity index (χ4v) is 2.48. The molecule has 1 saturated heterocycles. The van der Waals surface area contributed by atoms with Crippen LogP contribution in [0.5, 0.6) is 5.88 Å². The largest absolute Gasteiger partial charge is 0.473 e. The highest BCUT2D eigenvalue weighted by Gasteiger charge is 2.33. The molecule has 1 amide bonds. The maximum Gasteiger partial charge on any atom is 0.410 e. The second-order valence-corrected chi connectivity index (χ2v) is 6.71. The first-order chi connectivity index (χ1) is 11.2. The van der Waals surface area contributed by atoms with Gasteiger partial charge in [0.05, 0.1) is 18.7 Å². The van der Waals surface area contributed by atoms with E-state index in [-0.39, 0.29) is 30.4 Å². The summed E-state index contributed by atoms with van der Waals surface area (Å²) in [7, 11) is 1.27. The van der Waals surface area contributed by atoms with Gasteiger partial charge < -0.3 is 23.6 Å². The molecule has 0 saturated carbocycles. The van der Waals surface area contributed by atoms with Crippen LogP contribution in [-0.4, -0.2) is 54.0 Å². The molecule has 0 aliphatic carbocycles. The molecule has 0 N–H and O–H groups in total. The smallest absolute Gasteiger partial charge is 0.410 e. The molecule has 0 radical (unpaired) electrons. The number of carbonyl (C=O) groups excluding carboxylic acids is 2. The Bertz CT molecular complexity index is 604. The number of likely N-dealkylation sites (tertiary alicyclic amines) is 1. The summed E-state index contributed by atoms with van der Waals surface area (Å²) >= 11 is 0. The van der Waals surface area contributed by atoms with Crippen molar-refractivity contribution in [1.82, 2.24) is 10.1 Å². The van der Waals surface area contributed by atoms with Crippen molar-refractivity contribution >= 4 is 12.1 Å². The average molecular weight is 340 g/mol. The average Bonchev–Trinajstić information content (AvgIpc) is 3.09. The topological polar surface area (TPSA) is 91.1 Å². The van der Waals surface area contributed by atoms with Gasteiger partial charge in [0.1, 0.15) is 12.2 Å². The lowest BCUT2D eigenvalue weighted by atomic mass is 10.2. The Morgan fingerprint density at radius 3 is 2.71 bits per heavy atom. The normalized spacial score (nSPS) is 17.7. The molecule has 2 heterocycles. The first-order valence-corrected chi connectivity index (χ1v) is 7.90. The van der Waals surface area contributed by atoms with Gasteiger partial charge in [-0.15, -0.1) is 0 Å². The first-order valence-electron chi connectivity index (χ1n) is 7.90. The minimum Gasteiger partial charge on any atom is -0.473 e. The number of carbonyl (C=O) groups is 2. The van der Waals surface area contributed by atoms with Crippen LogP contribution in [0.15, 0.2) is 4.52 Å². The van der Waals surface area contributed by atoms with E-state index in [1.54, 1.807) is 11.8 Å². The Morgan fingerprint density at radius 2 is 2.08 bits per heavy atom. The number of esters is 1. The zero-order chi connectivity index (χ0) is 17.9. The fourth-order valence-electron chi connectivity index (χ4n) is 2.48. The number of nitrogens with zero attached hydrogens (tertiary/aromatic N) is 2. The number of rotatable bonds is 4. The van der Waals surface area contributed by atoms with Crippen molar-refractivity contribution < 1.29 is 28.3 Å². The van der Waals surface area contributed by atoms with Gasteiger partial charge in [0.15, 0.2) is 0 Å². The summed E-state index contributed by atoms with van der Waals surface area (Å²) < 4.78 is 20.6. The summed E-state index contributed by atoms with van der Waals surface area (Å²) in [6.07, 6.45) is 1.36. The second kappa shape index (κ2) is 7.11. The minimum absolute atomic E-state index is 0.0166. The Balaban J connectivity index is 1.97. The quantitative estimate of drug-likeness (QED) is 0.778. The highest BCUT2D eigenvalue weighted by molar-refractivity contribution is 5.88. The predicted octanol–water partition coefficient (Wildman–Crippen LogP) is 2.55. The number of amides is 1. The molecule has 24 heavy (non-hydrogen) atoms. The standard InChI is InChI=1S/C16H24N2O6/c1-10-12(14(19)21-5)24-17-13(10)22-9-11-7-6-8-18(11)15(20)23-16(2,3)4/h11H,6-9H2,1-5H3. The van der Waals surface area contributed by atoms with Crippen LogP contribution in [0.1, 0.15) is 49.7 Å². The summed E-state index contributed by atoms with van der Waals surface area (Å²) in [5.74, 6) is -0.361. The Hall–Kier alpha value is -2.25. The van der Waals surface area contributed by atoms with Crippen molar-refractivity contribution in [3.8, 4) is 5.88 Å². The van der Waals surface area contributed by atoms with E-state index in [4.69, 9.17) is 14.0 Å². The van der Waals surface area contributed by atoms with Crippen molar-refractivity contribution in [2.75, 3.05) is 20.3 Å². The van der Waals surface area contributed by atoms with Gasteiger partial charge in [-0.05, 0) is 45.7 Å². The summed E-state index contributed by atoms with van der Waals surface area (Å²) in [6.45, 7) is 8.05. The van der Waals surface area contributed by atoms with Crippen LogP contribution in [0, 0.1) is 6.92 Å². The Kier molecular flexibility index (Phi) is 5.36. The molecule has 0 aromatic carbocycles. The van der Waals surface area contributed by atoms with Gasteiger partial charge in [-0.2, -0.15) is 0 Å². The lowest BCUT2D eigenvalue weighted by Crippen LogP contribution is -2.42. The number of methoxy groups -OCH3 is 1. The number of hydrogen-bond donors (Lipinski definition) is 0. The summed E-state index contributed by atoms with van der Waals surface area (Å²) in [6, 6.07) is -0.0995. The molecule has 1 aliphatic rings. The van der Waals surface area contributed by atoms with Gasteiger partial charge >= 0.3 is 12.1 Å².